The highest BCUT2D eigenvalue weighted by molar-refractivity contribution is 6.60. The smallest absolute Gasteiger partial charge is 0.0700 e. The van der Waals surface area contributed by atoms with E-state index in [0.717, 1.165) is 19.1 Å². The van der Waals surface area contributed by atoms with Crippen LogP contribution in [0.5, 0.6) is 0 Å². The summed E-state index contributed by atoms with van der Waals surface area (Å²) in [6, 6.07) is 6.87. The lowest BCUT2D eigenvalue weighted by atomic mass is 9.84. The van der Waals surface area contributed by atoms with Gasteiger partial charge in [0.2, 0.25) is 0 Å². The highest BCUT2D eigenvalue weighted by atomic mass is 28.3. The predicted octanol–water partition coefficient (Wildman–Crippen LogP) is 5.87. The lowest BCUT2D eigenvalue weighted by molar-refractivity contribution is 0.156. The Hall–Kier alpha value is -0.643. The van der Waals surface area contributed by atoms with E-state index >= 15 is 0 Å². The normalized spacial score (nSPS) is 15.2. The van der Waals surface area contributed by atoms with Crippen LogP contribution in [0.25, 0.3) is 0 Å². The molecule has 2 nitrogen and oxygen atoms in total. The van der Waals surface area contributed by atoms with Crippen LogP contribution >= 0.6 is 0 Å². The summed E-state index contributed by atoms with van der Waals surface area (Å²) in [5.41, 5.74) is 11.3. The van der Waals surface area contributed by atoms with Gasteiger partial charge < -0.3 is 10.5 Å². The molecule has 27 heavy (non-hydrogen) atoms. The molecule has 1 aromatic carbocycles. The standard InChI is InChI=1S/C24H45NOSi/c1-18(2)21-12-10-11-19(13-14-23(3,4)5)22(21)15-20(25)16-26-17-27(9)24(6,7)8/h10-12,18,20,27H,13-17,25H2,1-9H3. The molecule has 1 aromatic rings. The van der Waals surface area contributed by atoms with Gasteiger partial charge in [-0.05, 0) is 52.3 Å². The third kappa shape index (κ3) is 8.93. The van der Waals surface area contributed by atoms with Crippen LogP contribution in [0.4, 0.5) is 0 Å². The molecule has 1 rings (SSSR count). The predicted molar refractivity (Wildman–Crippen MR) is 124 cm³/mol. The topological polar surface area (TPSA) is 35.2 Å². The van der Waals surface area contributed by atoms with Crippen molar-refractivity contribution in [1.29, 1.82) is 0 Å². The fourth-order valence-corrected chi connectivity index (χ4v) is 4.15. The molecule has 0 radical (unpaired) electrons. The van der Waals surface area contributed by atoms with Crippen molar-refractivity contribution in [2.75, 3.05) is 12.8 Å². The third-order valence-corrected chi connectivity index (χ3v) is 9.41. The van der Waals surface area contributed by atoms with Crippen molar-refractivity contribution in [3.63, 3.8) is 0 Å². The Morgan fingerprint density at radius 1 is 1.07 bits per heavy atom. The molecule has 0 bridgehead atoms. The van der Waals surface area contributed by atoms with Crippen molar-refractivity contribution in [3.8, 4) is 0 Å². The molecule has 0 saturated heterocycles. The largest absolute Gasteiger partial charge is 0.383 e. The fraction of sp³-hybridized carbons (Fsp3) is 0.750. The first-order chi connectivity index (χ1) is 12.3. The minimum Gasteiger partial charge on any atom is -0.383 e. The zero-order valence-corrected chi connectivity index (χ0v) is 20.6. The van der Waals surface area contributed by atoms with E-state index < -0.39 is 8.80 Å². The summed E-state index contributed by atoms with van der Waals surface area (Å²) in [6.45, 7) is 21.6. The van der Waals surface area contributed by atoms with Crippen LogP contribution in [0.2, 0.25) is 11.6 Å². The zero-order valence-electron chi connectivity index (χ0n) is 19.5. The van der Waals surface area contributed by atoms with E-state index in [1.807, 2.05) is 0 Å². The Kier molecular flexibility index (Phi) is 9.24. The van der Waals surface area contributed by atoms with Gasteiger partial charge in [-0.2, -0.15) is 0 Å². The molecule has 2 unspecified atom stereocenters. The lowest BCUT2D eigenvalue weighted by Crippen LogP contribution is -2.34. The molecule has 2 atom stereocenters. The van der Waals surface area contributed by atoms with Gasteiger partial charge >= 0.3 is 0 Å². The zero-order chi connectivity index (χ0) is 20.8. The molecule has 0 aliphatic carbocycles. The van der Waals surface area contributed by atoms with Crippen LogP contribution in [0.3, 0.4) is 0 Å². The first-order valence-electron chi connectivity index (χ1n) is 10.7. The first kappa shape index (κ1) is 24.4. The van der Waals surface area contributed by atoms with E-state index in [2.05, 4.69) is 80.1 Å². The Labute approximate surface area is 170 Å². The minimum atomic E-state index is -0.878. The second-order valence-corrected chi connectivity index (χ2v) is 14.8. The molecule has 156 valence electrons. The summed E-state index contributed by atoms with van der Waals surface area (Å²) < 4.78 is 6.05. The molecule has 0 aliphatic heterocycles. The van der Waals surface area contributed by atoms with Gasteiger partial charge in [-0.3, -0.25) is 0 Å². The molecular weight excluding hydrogens is 346 g/mol. The number of nitrogens with two attached hydrogens (primary N) is 1. The molecule has 0 heterocycles. The summed E-state index contributed by atoms with van der Waals surface area (Å²) in [4.78, 5) is 0. The molecule has 0 aromatic heterocycles. The third-order valence-electron chi connectivity index (χ3n) is 5.72. The molecule has 3 heteroatoms. The maximum absolute atomic E-state index is 6.51. The highest BCUT2D eigenvalue weighted by Crippen LogP contribution is 2.29. The van der Waals surface area contributed by atoms with Crippen LogP contribution in [-0.2, 0) is 17.6 Å². The first-order valence-corrected chi connectivity index (χ1v) is 13.3. The van der Waals surface area contributed by atoms with Gasteiger partial charge in [-0.25, -0.2) is 0 Å². The average Bonchev–Trinajstić information content (AvgIpc) is 2.51. The van der Waals surface area contributed by atoms with Crippen LogP contribution in [0, 0.1) is 5.41 Å². The second kappa shape index (κ2) is 10.2. The van der Waals surface area contributed by atoms with E-state index in [1.54, 1.807) is 0 Å². The van der Waals surface area contributed by atoms with Gasteiger partial charge in [0.15, 0.2) is 0 Å². The van der Waals surface area contributed by atoms with Crippen LogP contribution in [0.15, 0.2) is 18.2 Å². The number of rotatable bonds is 9. The van der Waals surface area contributed by atoms with Crippen molar-refractivity contribution in [1.82, 2.24) is 0 Å². The molecule has 2 N–H and O–H groups in total. The number of hydrogen-bond acceptors (Lipinski definition) is 2. The molecule has 0 fully saturated rings. The number of aryl methyl sites for hydroxylation is 1. The van der Waals surface area contributed by atoms with Crippen molar-refractivity contribution in [2.45, 2.75) is 98.2 Å². The summed E-state index contributed by atoms with van der Waals surface area (Å²) in [6.07, 6.45) is 4.15. The van der Waals surface area contributed by atoms with E-state index in [0.29, 0.717) is 23.0 Å². The van der Waals surface area contributed by atoms with Gasteiger partial charge in [0.05, 0.1) is 15.4 Å². The van der Waals surface area contributed by atoms with Gasteiger partial charge in [0.25, 0.3) is 0 Å². The Morgan fingerprint density at radius 2 is 1.70 bits per heavy atom. The van der Waals surface area contributed by atoms with Crippen LogP contribution in [0.1, 0.15) is 84.4 Å². The summed E-state index contributed by atoms with van der Waals surface area (Å²) in [5.74, 6) is 0.524. The van der Waals surface area contributed by atoms with Crippen molar-refractivity contribution in [2.24, 2.45) is 11.1 Å². The molecule has 0 spiro atoms. The second-order valence-electron chi connectivity index (χ2n) is 11.0. The maximum atomic E-state index is 6.51. The quantitative estimate of drug-likeness (QED) is 0.534. The van der Waals surface area contributed by atoms with Crippen molar-refractivity contribution >= 4 is 8.80 Å². The van der Waals surface area contributed by atoms with Gasteiger partial charge in [-0.15, -0.1) is 0 Å². The Bertz CT molecular complexity index is 569. The summed E-state index contributed by atoms with van der Waals surface area (Å²) >= 11 is 0. The summed E-state index contributed by atoms with van der Waals surface area (Å²) in [5, 5.41) is 0.411. The molecular formula is C24H45NOSi. The molecule has 0 aliphatic rings. The van der Waals surface area contributed by atoms with Crippen LogP contribution < -0.4 is 5.73 Å². The Balaban J connectivity index is 2.81. The number of benzene rings is 1. The van der Waals surface area contributed by atoms with E-state index in [-0.39, 0.29) is 6.04 Å². The Morgan fingerprint density at radius 3 is 2.22 bits per heavy atom. The van der Waals surface area contributed by atoms with Crippen molar-refractivity contribution in [3.05, 3.63) is 34.9 Å². The fourth-order valence-electron chi connectivity index (χ4n) is 3.16. The van der Waals surface area contributed by atoms with Crippen molar-refractivity contribution < 1.29 is 4.74 Å². The number of hydrogen-bond donors (Lipinski definition) is 1. The minimum absolute atomic E-state index is 0.0689. The monoisotopic (exact) mass is 391 g/mol. The lowest BCUT2D eigenvalue weighted by Gasteiger charge is -2.26. The molecule has 0 saturated carbocycles. The number of ether oxygens (including phenoxy) is 1. The summed E-state index contributed by atoms with van der Waals surface area (Å²) in [7, 11) is -0.878. The SMILES string of the molecule is CC(C)c1cccc(CCC(C)(C)C)c1CC(N)COC[SiH](C)C(C)(C)C. The van der Waals surface area contributed by atoms with Gasteiger partial charge in [0, 0.05) is 12.3 Å². The highest BCUT2D eigenvalue weighted by Gasteiger charge is 2.22. The van der Waals surface area contributed by atoms with E-state index in [1.165, 1.54) is 23.1 Å². The average molecular weight is 392 g/mol. The van der Waals surface area contributed by atoms with Crippen LogP contribution in [-0.4, -0.2) is 27.7 Å². The van der Waals surface area contributed by atoms with Gasteiger partial charge in [0.1, 0.15) is 0 Å². The van der Waals surface area contributed by atoms with Gasteiger partial charge in [-0.1, -0.05) is 80.1 Å². The maximum Gasteiger partial charge on any atom is 0.0700 e. The van der Waals surface area contributed by atoms with E-state index in [4.69, 9.17) is 10.5 Å². The molecule has 0 amide bonds. The van der Waals surface area contributed by atoms with E-state index in [9.17, 15) is 0 Å².